The molecule has 5 heteroatoms. The fourth-order valence-corrected chi connectivity index (χ4v) is 10.6. The molecule has 35 heavy (non-hydrogen) atoms. The summed E-state index contributed by atoms with van der Waals surface area (Å²) in [6.07, 6.45) is 9.97. The van der Waals surface area contributed by atoms with Crippen LogP contribution in [0.4, 0.5) is 0 Å². The van der Waals surface area contributed by atoms with Crippen LogP contribution in [0.15, 0.2) is 11.6 Å². The van der Waals surface area contributed by atoms with E-state index in [2.05, 4.69) is 40.7 Å². The molecule has 5 rings (SSSR count). The van der Waals surface area contributed by atoms with E-state index in [0.29, 0.717) is 12.3 Å². The van der Waals surface area contributed by atoms with Crippen LogP contribution < -0.4 is 0 Å². The van der Waals surface area contributed by atoms with E-state index < -0.39 is 28.9 Å². The van der Waals surface area contributed by atoms with Gasteiger partial charge in [-0.25, -0.2) is 0 Å². The Balaban J connectivity index is 1.60. The normalized spacial score (nSPS) is 52.7. The highest BCUT2D eigenvalue weighted by Gasteiger charge is 2.70. The summed E-state index contributed by atoms with van der Waals surface area (Å²) in [7, 11) is 0. The molecular formula is C30H46O5. The van der Waals surface area contributed by atoms with Gasteiger partial charge in [0, 0.05) is 0 Å². The van der Waals surface area contributed by atoms with Crippen molar-refractivity contribution in [1.82, 2.24) is 0 Å². The van der Waals surface area contributed by atoms with E-state index in [1.165, 1.54) is 5.57 Å². The summed E-state index contributed by atoms with van der Waals surface area (Å²) in [6, 6.07) is 0. The molecule has 0 amide bonds. The summed E-state index contributed by atoms with van der Waals surface area (Å²) in [4.78, 5) is 25.3. The number of hydrogen-bond acceptors (Lipinski definition) is 3. The van der Waals surface area contributed by atoms with Gasteiger partial charge in [-0.1, -0.05) is 46.3 Å². The number of aliphatic carboxylic acids is 2. The van der Waals surface area contributed by atoms with Gasteiger partial charge in [-0.2, -0.15) is 0 Å². The van der Waals surface area contributed by atoms with Gasteiger partial charge in [0.25, 0.3) is 0 Å². The van der Waals surface area contributed by atoms with Crippen LogP contribution in [-0.4, -0.2) is 33.4 Å². The van der Waals surface area contributed by atoms with E-state index in [-0.39, 0.29) is 33.5 Å². The smallest absolute Gasteiger partial charge is 0.312 e. The molecule has 0 heterocycles. The zero-order chi connectivity index (χ0) is 25.8. The third kappa shape index (κ3) is 2.97. The number of aliphatic hydroxyl groups is 1. The van der Waals surface area contributed by atoms with Crippen LogP contribution in [0.2, 0.25) is 0 Å². The first-order valence-corrected chi connectivity index (χ1v) is 13.9. The van der Waals surface area contributed by atoms with Crippen molar-refractivity contribution in [2.24, 2.45) is 50.2 Å². The molecule has 0 aliphatic heterocycles. The third-order valence-corrected chi connectivity index (χ3v) is 13.2. The summed E-state index contributed by atoms with van der Waals surface area (Å²) >= 11 is 0. The molecule has 0 saturated heterocycles. The molecule has 5 aliphatic carbocycles. The van der Waals surface area contributed by atoms with E-state index in [4.69, 9.17) is 0 Å². The summed E-state index contributed by atoms with van der Waals surface area (Å²) in [5.41, 5.74) is -0.437. The molecular weight excluding hydrogens is 440 g/mol. The number of allylic oxidation sites excluding steroid dienone is 2. The Morgan fingerprint density at radius 3 is 2.11 bits per heavy atom. The highest BCUT2D eigenvalue weighted by molar-refractivity contribution is 5.77. The molecule has 3 N–H and O–H groups in total. The van der Waals surface area contributed by atoms with Crippen molar-refractivity contribution < 1.29 is 24.9 Å². The first kappa shape index (κ1) is 25.3. The molecule has 0 bridgehead atoms. The van der Waals surface area contributed by atoms with Gasteiger partial charge in [0.2, 0.25) is 0 Å². The van der Waals surface area contributed by atoms with Crippen LogP contribution in [-0.2, 0) is 9.59 Å². The summed E-state index contributed by atoms with van der Waals surface area (Å²) < 4.78 is 0. The maximum atomic E-state index is 12.8. The molecule has 0 aromatic heterocycles. The van der Waals surface area contributed by atoms with Crippen molar-refractivity contribution >= 4 is 11.9 Å². The van der Waals surface area contributed by atoms with Crippen molar-refractivity contribution in [2.75, 3.05) is 0 Å². The minimum atomic E-state index is -1.11. The van der Waals surface area contributed by atoms with Gasteiger partial charge in [0.05, 0.1) is 16.9 Å². The number of hydrogen-bond donors (Lipinski definition) is 3. The minimum Gasteiger partial charge on any atom is -0.481 e. The number of carboxylic acids is 2. The summed E-state index contributed by atoms with van der Waals surface area (Å²) in [5.74, 6) is -1.10. The fraction of sp³-hybridized carbons (Fsp3) is 0.867. The maximum absolute atomic E-state index is 12.8. The molecule has 0 unspecified atom stereocenters. The third-order valence-electron chi connectivity index (χ3n) is 13.2. The predicted octanol–water partition coefficient (Wildman–Crippen LogP) is 6.30. The molecule has 5 aliphatic rings. The van der Waals surface area contributed by atoms with Gasteiger partial charge >= 0.3 is 11.9 Å². The van der Waals surface area contributed by atoms with E-state index in [1.807, 2.05) is 0 Å². The molecule has 0 aromatic rings. The lowest BCUT2D eigenvalue weighted by molar-refractivity contribution is -0.217. The first-order valence-electron chi connectivity index (χ1n) is 13.9. The Kier molecular flexibility index (Phi) is 5.32. The second-order valence-electron chi connectivity index (χ2n) is 14.8. The Morgan fingerprint density at radius 2 is 1.49 bits per heavy atom. The SMILES string of the molecule is CC1(C)CC[C@]2(C(=O)O)CC[C@]3(C)C(=CC[C@@H]4[C@@]5(C)CC[C@H](O)[C@@](C)(C(=O)O)[C@H]5CC[C@]43C)[C@H]2C1. The highest BCUT2D eigenvalue weighted by atomic mass is 16.4. The van der Waals surface area contributed by atoms with Crippen molar-refractivity contribution in [1.29, 1.82) is 0 Å². The second-order valence-corrected chi connectivity index (χ2v) is 14.8. The van der Waals surface area contributed by atoms with Crippen molar-refractivity contribution in [3.63, 3.8) is 0 Å². The lowest BCUT2D eigenvalue weighted by Gasteiger charge is -2.70. The molecule has 5 nitrogen and oxygen atoms in total. The molecule has 0 aromatic carbocycles. The monoisotopic (exact) mass is 486 g/mol. The first-order chi connectivity index (χ1) is 16.1. The largest absolute Gasteiger partial charge is 0.481 e. The van der Waals surface area contributed by atoms with Gasteiger partial charge < -0.3 is 15.3 Å². The van der Waals surface area contributed by atoms with Crippen LogP contribution >= 0.6 is 0 Å². The second kappa shape index (κ2) is 7.36. The molecule has 4 fully saturated rings. The zero-order valence-corrected chi connectivity index (χ0v) is 22.6. The van der Waals surface area contributed by atoms with E-state index in [0.717, 1.165) is 57.8 Å². The van der Waals surface area contributed by atoms with Crippen molar-refractivity contribution in [3.05, 3.63) is 11.6 Å². The maximum Gasteiger partial charge on any atom is 0.312 e. The molecule has 0 spiro atoms. The van der Waals surface area contributed by atoms with Gasteiger partial charge in [-0.05, 0) is 111 Å². The van der Waals surface area contributed by atoms with Crippen LogP contribution in [0.1, 0.15) is 106 Å². The average Bonchev–Trinajstić information content (AvgIpc) is 2.76. The van der Waals surface area contributed by atoms with Crippen LogP contribution in [0.5, 0.6) is 0 Å². The van der Waals surface area contributed by atoms with Gasteiger partial charge in [-0.3, -0.25) is 9.59 Å². The number of carbonyl (C=O) groups is 2. The lowest BCUT2D eigenvalue weighted by Crippen LogP contribution is -2.66. The standard InChI is InChI=1S/C30H46O5/c1-25(2)13-15-30(24(34)35)16-14-27(4)18(19(30)17-25)7-8-20-26(3)11-10-22(31)29(6,23(32)33)21(26)9-12-28(20,27)5/h7,19-22,31H,8-17H2,1-6H3,(H,32,33)(H,34,35)/t19-,20-,21+,22+,26-,27-,28-,29+,30+/m1/s1. The quantitative estimate of drug-likeness (QED) is 0.398. The minimum absolute atomic E-state index is 0.00368. The summed E-state index contributed by atoms with van der Waals surface area (Å²) in [5, 5.41) is 31.6. The van der Waals surface area contributed by atoms with Gasteiger partial charge in [0.1, 0.15) is 0 Å². The van der Waals surface area contributed by atoms with Crippen LogP contribution in [0, 0.1) is 50.2 Å². The summed E-state index contributed by atoms with van der Waals surface area (Å²) in [6.45, 7) is 13.5. The van der Waals surface area contributed by atoms with Crippen molar-refractivity contribution in [2.45, 2.75) is 112 Å². The van der Waals surface area contributed by atoms with Gasteiger partial charge in [0.15, 0.2) is 0 Å². The number of carboxylic acid groups (broad SMARTS) is 2. The number of rotatable bonds is 2. The predicted molar refractivity (Wildman–Crippen MR) is 135 cm³/mol. The average molecular weight is 487 g/mol. The Labute approximate surface area is 210 Å². The topological polar surface area (TPSA) is 94.8 Å². The number of aliphatic hydroxyl groups excluding tert-OH is 1. The van der Waals surface area contributed by atoms with E-state index in [1.54, 1.807) is 6.92 Å². The van der Waals surface area contributed by atoms with Crippen molar-refractivity contribution in [3.8, 4) is 0 Å². The Hall–Kier alpha value is -1.36. The molecule has 9 atom stereocenters. The van der Waals surface area contributed by atoms with Crippen LogP contribution in [0.3, 0.4) is 0 Å². The lowest BCUT2D eigenvalue weighted by atomic mass is 9.33. The van der Waals surface area contributed by atoms with Gasteiger partial charge in [-0.15, -0.1) is 0 Å². The number of fused-ring (bicyclic) bond motifs is 7. The highest BCUT2D eigenvalue weighted by Crippen LogP contribution is 2.75. The molecule has 0 radical (unpaired) electrons. The van der Waals surface area contributed by atoms with E-state index in [9.17, 15) is 24.9 Å². The Morgan fingerprint density at radius 1 is 0.829 bits per heavy atom. The van der Waals surface area contributed by atoms with Crippen LogP contribution in [0.25, 0.3) is 0 Å². The zero-order valence-electron chi connectivity index (χ0n) is 22.6. The Bertz CT molecular complexity index is 983. The molecule has 196 valence electrons. The molecule has 4 saturated carbocycles. The fourth-order valence-electron chi connectivity index (χ4n) is 10.6. The van der Waals surface area contributed by atoms with E-state index >= 15 is 0 Å².